The molecule has 2 heteroatoms. The monoisotopic (exact) mass is 141 g/mol. The van der Waals surface area contributed by atoms with E-state index >= 15 is 0 Å². The highest BCUT2D eigenvalue weighted by molar-refractivity contribution is 5.10. The molecule has 0 aromatic carbocycles. The van der Waals surface area contributed by atoms with Crippen LogP contribution in [0.4, 0.5) is 0 Å². The molecule has 0 bridgehead atoms. The van der Waals surface area contributed by atoms with Crippen LogP contribution in [0.5, 0.6) is 0 Å². The Morgan fingerprint density at radius 2 is 2.20 bits per heavy atom. The summed E-state index contributed by atoms with van der Waals surface area (Å²) in [5.74, 6) is 0. The first kappa shape index (κ1) is 7.61. The molecule has 1 aliphatic rings. The van der Waals surface area contributed by atoms with E-state index in [9.17, 15) is 0 Å². The van der Waals surface area contributed by atoms with Crippen LogP contribution in [-0.2, 0) is 4.74 Å². The van der Waals surface area contributed by atoms with Gasteiger partial charge in [-0.1, -0.05) is 0 Å². The molecule has 1 heterocycles. The van der Waals surface area contributed by atoms with Crippen LogP contribution >= 0.6 is 0 Å². The van der Waals surface area contributed by atoms with Crippen molar-refractivity contribution < 1.29 is 4.74 Å². The van der Waals surface area contributed by atoms with E-state index in [0.717, 1.165) is 13.2 Å². The molecule has 10 heavy (non-hydrogen) atoms. The standard InChI is InChI=1S/C8H15NO/c1-6-4-10-5-7(2)9-8(6)3/h7,9H,4-5H2,1-3H3. The Kier molecular flexibility index (Phi) is 2.33. The zero-order valence-electron chi connectivity index (χ0n) is 6.90. The summed E-state index contributed by atoms with van der Waals surface area (Å²) >= 11 is 0. The lowest BCUT2D eigenvalue weighted by Crippen LogP contribution is -2.26. The first-order chi connectivity index (χ1) is 4.70. The predicted octanol–water partition coefficient (Wildman–Crippen LogP) is 1.29. The minimum absolute atomic E-state index is 0.456. The summed E-state index contributed by atoms with van der Waals surface area (Å²) in [5, 5.41) is 3.35. The van der Waals surface area contributed by atoms with E-state index in [-0.39, 0.29) is 0 Å². The highest BCUT2D eigenvalue weighted by Crippen LogP contribution is 2.06. The minimum Gasteiger partial charge on any atom is -0.384 e. The van der Waals surface area contributed by atoms with Crippen molar-refractivity contribution in [3.63, 3.8) is 0 Å². The van der Waals surface area contributed by atoms with Crippen molar-refractivity contribution in [2.45, 2.75) is 26.8 Å². The molecule has 0 fully saturated rings. The molecule has 0 aliphatic carbocycles. The van der Waals surface area contributed by atoms with Gasteiger partial charge in [-0.05, 0) is 26.3 Å². The lowest BCUT2D eigenvalue weighted by Gasteiger charge is -2.10. The van der Waals surface area contributed by atoms with Gasteiger partial charge in [0, 0.05) is 11.7 Å². The van der Waals surface area contributed by atoms with Crippen LogP contribution in [0.25, 0.3) is 0 Å². The molecule has 0 spiro atoms. The van der Waals surface area contributed by atoms with Crippen LogP contribution in [-0.4, -0.2) is 19.3 Å². The SMILES string of the molecule is CC1=C(C)NC(C)COC1. The van der Waals surface area contributed by atoms with Gasteiger partial charge in [-0.2, -0.15) is 0 Å². The lowest BCUT2D eigenvalue weighted by atomic mass is 10.2. The molecule has 0 saturated heterocycles. The van der Waals surface area contributed by atoms with Gasteiger partial charge in [0.25, 0.3) is 0 Å². The highest BCUT2D eigenvalue weighted by Gasteiger charge is 2.08. The van der Waals surface area contributed by atoms with Crippen molar-refractivity contribution in [1.29, 1.82) is 0 Å². The van der Waals surface area contributed by atoms with Crippen molar-refractivity contribution >= 4 is 0 Å². The van der Waals surface area contributed by atoms with E-state index in [2.05, 4.69) is 26.1 Å². The molecule has 0 aromatic heterocycles. The fourth-order valence-electron chi connectivity index (χ4n) is 1.03. The predicted molar refractivity (Wildman–Crippen MR) is 41.8 cm³/mol. The molecule has 2 nitrogen and oxygen atoms in total. The average Bonchev–Trinajstić information content (AvgIpc) is 1.96. The Balaban J connectivity index is 2.61. The maximum absolute atomic E-state index is 5.37. The Morgan fingerprint density at radius 1 is 1.50 bits per heavy atom. The van der Waals surface area contributed by atoms with E-state index in [0.29, 0.717) is 6.04 Å². The lowest BCUT2D eigenvalue weighted by molar-refractivity contribution is 0.146. The average molecular weight is 141 g/mol. The van der Waals surface area contributed by atoms with E-state index in [1.54, 1.807) is 0 Å². The summed E-state index contributed by atoms with van der Waals surface area (Å²) in [7, 11) is 0. The quantitative estimate of drug-likeness (QED) is 0.549. The van der Waals surface area contributed by atoms with Gasteiger partial charge in [0.15, 0.2) is 0 Å². The Hall–Kier alpha value is -0.500. The number of nitrogens with one attached hydrogen (secondary N) is 1. The van der Waals surface area contributed by atoms with Gasteiger partial charge in [-0.3, -0.25) is 0 Å². The Labute approximate surface area is 62.3 Å². The van der Waals surface area contributed by atoms with Crippen molar-refractivity contribution in [2.24, 2.45) is 0 Å². The molecular formula is C8H15NO. The van der Waals surface area contributed by atoms with E-state index < -0.39 is 0 Å². The van der Waals surface area contributed by atoms with Crippen LogP contribution in [0.15, 0.2) is 11.3 Å². The molecule has 0 radical (unpaired) electrons. The second-order valence-corrected chi connectivity index (χ2v) is 2.97. The topological polar surface area (TPSA) is 21.3 Å². The number of ether oxygens (including phenoxy) is 1. The van der Waals surface area contributed by atoms with Gasteiger partial charge in [0.2, 0.25) is 0 Å². The smallest absolute Gasteiger partial charge is 0.0694 e. The van der Waals surface area contributed by atoms with Gasteiger partial charge in [0.1, 0.15) is 0 Å². The largest absolute Gasteiger partial charge is 0.384 e. The molecule has 1 rings (SSSR count). The summed E-state index contributed by atoms with van der Waals surface area (Å²) in [4.78, 5) is 0. The summed E-state index contributed by atoms with van der Waals surface area (Å²) in [6.45, 7) is 7.92. The maximum atomic E-state index is 5.37. The molecule has 0 amide bonds. The van der Waals surface area contributed by atoms with Crippen LogP contribution in [0.2, 0.25) is 0 Å². The zero-order chi connectivity index (χ0) is 7.56. The third kappa shape index (κ3) is 1.74. The minimum atomic E-state index is 0.456. The van der Waals surface area contributed by atoms with E-state index in [4.69, 9.17) is 4.74 Å². The molecule has 1 atom stereocenters. The third-order valence-corrected chi connectivity index (χ3v) is 1.79. The van der Waals surface area contributed by atoms with Crippen LogP contribution in [0, 0.1) is 0 Å². The van der Waals surface area contributed by atoms with Crippen molar-refractivity contribution in [1.82, 2.24) is 5.32 Å². The fourth-order valence-corrected chi connectivity index (χ4v) is 1.03. The van der Waals surface area contributed by atoms with Gasteiger partial charge >= 0.3 is 0 Å². The van der Waals surface area contributed by atoms with E-state index in [1.807, 2.05) is 0 Å². The molecule has 1 aliphatic heterocycles. The Bertz CT molecular complexity index is 151. The summed E-state index contributed by atoms with van der Waals surface area (Å²) in [5.41, 5.74) is 2.58. The molecule has 0 aromatic rings. The van der Waals surface area contributed by atoms with Crippen molar-refractivity contribution in [3.8, 4) is 0 Å². The number of hydrogen-bond donors (Lipinski definition) is 1. The van der Waals surface area contributed by atoms with Gasteiger partial charge in [-0.15, -0.1) is 0 Å². The van der Waals surface area contributed by atoms with E-state index in [1.165, 1.54) is 11.3 Å². The van der Waals surface area contributed by atoms with Gasteiger partial charge in [0.05, 0.1) is 13.2 Å². The maximum Gasteiger partial charge on any atom is 0.0694 e. The molecule has 58 valence electrons. The summed E-state index contributed by atoms with van der Waals surface area (Å²) in [6.07, 6.45) is 0. The van der Waals surface area contributed by atoms with Crippen molar-refractivity contribution in [3.05, 3.63) is 11.3 Å². The van der Waals surface area contributed by atoms with Gasteiger partial charge < -0.3 is 10.1 Å². The number of rotatable bonds is 0. The number of hydrogen-bond acceptors (Lipinski definition) is 2. The molecule has 1 unspecified atom stereocenters. The molecular weight excluding hydrogens is 126 g/mol. The second kappa shape index (κ2) is 3.06. The first-order valence-electron chi connectivity index (χ1n) is 3.71. The zero-order valence-corrected chi connectivity index (χ0v) is 6.90. The highest BCUT2D eigenvalue weighted by atomic mass is 16.5. The van der Waals surface area contributed by atoms with Crippen LogP contribution < -0.4 is 5.32 Å². The molecule has 1 N–H and O–H groups in total. The third-order valence-electron chi connectivity index (χ3n) is 1.79. The molecule has 0 saturated carbocycles. The van der Waals surface area contributed by atoms with Crippen molar-refractivity contribution in [2.75, 3.05) is 13.2 Å². The summed E-state index contributed by atoms with van der Waals surface area (Å²) in [6, 6.07) is 0.456. The van der Waals surface area contributed by atoms with Gasteiger partial charge in [-0.25, -0.2) is 0 Å². The Morgan fingerprint density at radius 3 is 2.90 bits per heavy atom. The summed E-state index contributed by atoms with van der Waals surface area (Å²) < 4.78 is 5.37. The number of allylic oxidation sites excluding steroid dienone is 1. The second-order valence-electron chi connectivity index (χ2n) is 2.97. The normalized spacial score (nSPS) is 27.7. The van der Waals surface area contributed by atoms with Crippen LogP contribution in [0.1, 0.15) is 20.8 Å². The fraction of sp³-hybridized carbons (Fsp3) is 0.750. The first-order valence-corrected chi connectivity index (χ1v) is 3.71. The van der Waals surface area contributed by atoms with Crippen LogP contribution in [0.3, 0.4) is 0 Å².